The molecular formula is C15H16BrNOS. The van der Waals surface area contributed by atoms with Crippen molar-refractivity contribution in [1.82, 2.24) is 0 Å². The fourth-order valence-corrected chi connectivity index (χ4v) is 4.48. The molecule has 1 aliphatic carbocycles. The monoisotopic (exact) mass is 337 g/mol. The first-order valence-corrected chi connectivity index (χ1v) is 8.12. The summed E-state index contributed by atoms with van der Waals surface area (Å²) in [7, 11) is 0. The van der Waals surface area contributed by atoms with Crippen LogP contribution in [-0.2, 0) is 13.0 Å². The molecule has 0 saturated heterocycles. The molecule has 0 spiro atoms. The third kappa shape index (κ3) is 2.71. The highest BCUT2D eigenvalue weighted by Gasteiger charge is 2.22. The van der Waals surface area contributed by atoms with Gasteiger partial charge in [-0.2, -0.15) is 0 Å². The van der Waals surface area contributed by atoms with Gasteiger partial charge in [0.2, 0.25) is 0 Å². The minimum absolute atomic E-state index is 0.0794. The van der Waals surface area contributed by atoms with Gasteiger partial charge in [-0.15, -0.1) is 11.3 Å². The van der Waals surface area contributed by atoms with E-state index in [0.29, 0.717) is 6.04 Å². The van der Waals surface area contributed by atoms with Gasteiger partial charge in [-0.05, 0) is 52.9 Å². The second kappa shape index (κ2) is 5.65. The molecule has 19 heavy (non-hydrogen) atoms. The summed E-state index contributed by atoms with van der Waals surface area (Å²) in [6.07, 6.45) is 3.56. The molecule has 0 aliphatic heterocycles. The van der Waals surface area contributed by atoms with E-state index in [9.17, 15) is 5.11 Å². The topological polar surface area (TPSA) is 32.3 Å². The summed E-state index contributed by atoms with van der Waals surface area (Å²) in [5, 5.41) is 13.0. The zero-order chi connectivity index (χ0) is 13.2. The third-order valence-corrected chi connectivity index (χ3v) is 5.31. The number of hydrogen-bond acceptors (Lipinski definition) is 3. The molecule has 0 bridgehead atoms. The van der Waals surface area contributed by atoms with Crippen molar-refractivity contribution >= 4 is 33.0 Å². The SMILES string of the molecule is OCc1ccccc1NC1CCCc2sc(Br)cc21. The van der Waals surface area contributed by atoms with Crippen molar-refractivity contribution < 1.29 is 5.11 Å². The second-order valence-corrected chi connectivity index (χ2v) is 7.35. The summed E-state index contributed by atoms with van der Waals surface area (Å²) in [4.78, 5) is 1.48. The van der Waals surface area contributed by atoms with Crippen LogP contribution >= 0.6 is 27.3 Å². The van der Waals surface area contributed by atoms with Gasteiger partial charge < -0.3 is 10.4 Å². The van der Waals surface area contributed by atoms with Crippen LogP contribution in [0.2, 0.25) is 0 Å². The standard InChI is InChI=1S/C15H16BrNOS/c16-15-8-11-13(6-3-7-14(11)19-15)17-12-5-2-1-4-10(12)9-18/h1-2,4-5,8,13,17-18H,3,6-7,9H2. The molecule has 1 unspecified atom stereocenters. The molecule has 2 aromatic rings. The Morgan fingerprint density at radius 2 is 2.21 bits per heavy atom. The van der Waals surface area contributed by atoms with Crippen LogP contribution in [-0.4, -0.2) is 5.11 Å². The molecule has 2 nitrogen and oxygen atoms in total. The molecule has 0 radical (unpaired) electrons. The van der Waals surface area contributed by atoms with Gasteiger partial charge in [0.1, 0.15) is 0 Å². The van der Waals surface area contributed by atoms with Crippen LogP contribution in [0.4, 0.5) is 5.69 Å². The van der Waals surface area contributed by atoms with Crippen LogP contribution in [0.15, 0.2) is 34.1 Å². The number of halogens is 1. The van der Waals surface area contributed by atoms with Gasteiger partial charge in [-0.1, -0.05) is 18.2 Å². The highest BCUT2D eigenvalue weighted by molar-refractivity contribution is 9.11. The summed E-state index contributed by atoms with van der Waals surface area (Å²) in [6, 6.07) is 10.6. The van der Waals surface area contributed by atoms with Gasteiger partial charge in [0.15, 0.2) is 0 Å². The second-order valence-electron chi connectivity index (χ2n) is 4.83. The average molecular weight is 338 g/mol. The Balaban J connectivity index is 1.88. The van der Waals surface area contributed by atoms with E-state index in [0.717, 1.165) is 17.7 Å². The molecule has 0 amide bonds. The molecule has 100 valence electrons. The molecule has 1 aromatic heterocycles. The number of para-hydroxylation sites is 1. The molecule has 3 rings (SSSR count). The number of nitrogens with one attached hydrogen (secondary N) is 1. The Labute approximate surface area is 125 Å². The summed E-state index contributed by atoms with van der Waals surface area (Å²) >= 11 is 5.43. The fourth-order valence-electron chi connectivity index (χ4n) is 2.66. The van der Waals surface area contributed by atoms with E-state index in [4.69, 9.17) is 0 Å². The van der Waals surface area contributed by atoms with Crippen molar-refractivity contribution in [3.8, 4) is 0 Å². The van der Waals surface area contributed by atoms with Crippen LogP contribution in [0, 0.1) is 0 Å². The quantitative estimate of drug-likeness (QED) is 0.864. The van der Waals surface area contributed by atoms with Crippen LogP contribution in [0.3, 0.4) is 0 Å². The third-order valence-electron chi connectivity index (χ3n) is 3.60. The fraction of sp³-hybridized carbons (Fsp3) is 0.333. The predicted molar refractivity (Wildman–Crippen MR) is 83.7 cm³/mol. The summed E-state index contributed by atoms with van der Waals surface area (Å²) < 4.78 is 1.21. The first-order valence-electron chi connectivity index (χ1n) is 6.51. The van der Waals surface area contributed by atoms with E-state index >= 15 is 0 Å². The van der Waals surface area contributed by atoms with Crippen molar-refractivity contribution in [3.05, 3.63) is 50.1 Å². The largest absolute Gasteiger partial charge is 0.392 e. The minimum Gasteiger partial charge on any atom is -0.392 e. The molecular weight excluding hydrogens is 322 g/mol. The maximum Gasteiger partial charge on any atom is 0.0705 e. The smallest absolute Gasteiger partial charge is 0.0705 e. The van der Waals surface area contributed by atoms with Gasteiger partial charge in [-0.3, -0.25) is 0 Å². The number of aryl methyl sites for hydroxylation is 1. The predicted octanol–water partition coefficient (Wildman–Crippen LogP) is 4.49. The normalized spacial score (nSPS) is 18.1. The highest BCUT2D eigenvalue weighted by atomic mass is 79.9. The Morgan fingerprint density at radius 3 is 3.05 bits per heavy atom. The first-order chi connectivity index (χ1) is 9.28. The van der Waals surface area contributed by atoms with Crippen LogP contribution in [0.1, 0.15) is 34.9 Å². The van der Waals surface area contributed by atoms with Gasteiger partial charge >= 0.3 is 0 Å². The molecule has 4 heteroatoms. The summed E-state index contributed by atoms with van der Waals surface area (Å²) in [5.41, 5.74) is 3.42. The van der Waals surface area contributed by atoms with Crippen LogP contribution in [0.25, 0.3) is 0 Å². The Bertz CT molecular complexity index is 581. The van der Waals surface area contributed by atoms with Crippen molar-refractivity contribution in [2.45, 2.75) is 31.9 Å². The van der Waals surface area contributed by atoms with Crippen molar-refractivity contribution in [2.24, 2.45) is 0 Å². The molecule has 1 atom stereocenters. The highest BCUT2D eigenvalue weighted by Crippen LogP contribution is 2.39. The van der Waals surface area contributed by atoms with E-state index in [1.807, 2.05) is 35.6 Å². The van der Waals surface area contributed by atoms with E-state index < -0.39 is 0 Å². The number of benzene rings is 1. The number of thiophene rings is 1. The molecule has 1 aromatic carbocycles. The van der Waals surface area contributed by atoms with E-state index in [1.165, 1.54) is 27.1 Å². The van der Waals surface area contributed by atoms with Gasteiger partial charge in [-0.25, -0.2) is 0 Å². The maximum absolute atomic E-state index is 9.40. The summed E-state index contributed by atoms with van der Waals surface area (Å²) in [6.45, 7) is 0.0794. The lowest BCUT2D eigenvalue weighted by Gasteiger charge is -2.25. The zero-order valence-corrected chi connectivity index (χ0v) is 12.9. The first kappa shape index (κ1) is 13.2. The number of hydrogen-bond donors (Lipinski definition) is 2. The van der Waals surface area contributed by atoms with Crippen LogP contribution < -0.4 is 5.32 Å². The number of anilines is 1. The molecule has 2 N–H and O–H groups in total. The number of rotatable bonds is 3. The summed E-state index contributed by atoms with van der Waals surface area (Å²) in [5.74, 6) is 0. The number of aliphatic hydroxyl groups excluding tert-OH is 1. The lowest BCUT2D eigenvalue weighted by atomic mass is 9.93. The Morgan fingerprint density at radius 1 is 1.37 bits per heavy atom. The number of aliphatic hydroxyl groups is 1. The minimum atomic E-state index is 0.0794. The van der Waals surface area contributed by atoms with Gasteiger partial charge in [0.05, 0.1) is 16.4 Å². The Hall–Kier alpha value is -0.840. The van der Waals surface area contributed by atoms with E-state index in [1.54, 1.807) is 0 Å². The van der Waals surface area contributed by atoms with E-state index in [-0.39, 0.29) is 6.61 Å². The van der Waals surface area contributed by atoms with Gasteiger partial charge in [0.25, 0.3) is 0 Å². The van der Waals surface area contributed by atoms with Crippen molar-refractivity contribution in [2.75, 3.05) is 5.32 Å². The molecule has 1 heterocycles. The van der Waals surface area contributed by atoms with Crippen molar-refractivity contribution in [3.63, 3.8) is 0 Å². The maximum atomic E-state index is 9.40. The Kier molecular flexibility index (Phi) is 3.91. The van der Waals surface area contributed by atoms with E-state index in [2.05, 4.69) is 27.3 Å². The number of fused-ring (bicyclic) bond motifs is 1. The lowest BCUT2D eigenvalue weighted by molar-refractivity contribution is 0.282. The van der Waals surface area contributed by atoms with Crippen LogP contribution in [0.5, 0.6) is 0 Å². The molecule has 0 fully saturated rings. The van der Waals surface area contributed by atoms with Gasteiger partial charge in [0, 0.05) is 16.1 Å². The lowest BCUT2D eigenvalue weighted by Crippen LogP contribution is -2.16. The average Bonchev–Trinajstić information content (AvgIpc) is 2.81. The van der Waals surface area contributed by atoms with Crippen molar-refractivity contribution in [1.29, 1.82) is 0 Å². The molecule has 1 aliphatic rings. The zero-order valence-electron chi connectivity index (χ0n) is 10.5. The molecule has 0 saturated carbocycles.